The van der Waals surface area contributed by atoms with Crippen LogP contribution in [-0.4, -0.2) is 35.0 Å². The van der Waals surface area contributed by atoms with E-state index in [1.54, 1.807) is 26.0 Å². The smallest absolute Gasteiger partial charge is 0.297 e. The largest absolute Gasteiger partial charge is 0.496 e. The predicted molar refractivity (Wildman–Crippen MR) is 86.2 cm³/mol. The minimum Gasteiger partial charge on any atom is -0.496 e. The number of ether oxygens (including phenoxy) is 2. The molecule has 2 amide bonds. The highest BCUT2D eigenvalue weighted by atomic mass is 16.6. The summed E-state index contributed by atoms with van der Waals surface area (Å²) in [4.78, 5) is 37.7. The minimum absolute atomic E-state index is 0.0400. The Hall–Kier alpha value is -2.74. The molecule has 1 aromatic carbocycles. The number of hydrogen-bond acceptors (Lipinski definition) is 6. The van der Waals surface area contributed by atoms with Crippen LogP contribution in [0, 0.1) is 22.0 Å². The van der Waals surface area contributed by atoms with Gasteiger partial charge in [0.2, 0.25) is 11.8 Å². The number of methoxy groups -OCH3 is 1. The number of anilines is 1. The summed E-state index contributed by atoms with van der Waals surface area (Å²) in [6.07, 6.45) is 3.59. The van der Waals surface area contributed by atoms with Gasteiger partial charge in [0.1, 0.15) is 11.4 Å². The maximum Gasteiger partial charge on any atom is 0.297 e. The van der Waals surface area contributed by atoms with Crippen LogP contribution in [-0.2, 0) is 14.3 Å². The Morgan fingerprint density at radius 2 is 1.72 bits per heavy atom. The molecule has 8 nitrogen and oxygen atoms in total. The Labute approximate surface area is 143 Å². The fourth-order valence-corrected chi connectivity index (χ4v) is 4.23. The first kappa shape index (κ1) is 15.8. The van der Waals surface area contributed by atoms with Crippen LogP contribution in [0.3, 0.4) is 0 Å². The van der Waals surface area contributed by atoms with E-state index in [0.29, 0.717) is 0 Å². The standard InChI is InChI=1S/C17H16N2O6/c1-16-6-7-17(2,25-16)13-12(16)14(20)18(15(13)21)10-5-4-9(24-3)8-11(10)19(22)23/h4-8,12-13H,1-3H3. The molecular formula is C17H16N2O6. The Bertz CT molecular complexity index is 829. The molecule has 4 rings (SSSR count). The number of carbonyl (C=O) groups excluding carboxylic acids is 2. The molecule has 0 aromatic heterocycles. The SMILES string of the molecule is COc1ccc(N2C(=O)C3C(C2=O)C2(C)C=CC3(C)O2)c([N+](=O)[O-])c1. The van der Waals surface area contributed by atoms with Gasteiger partial charge in [-0.1, -0.05) is 12.2 Å². The number of benzene rings is 1. The quantitative estimate of drug-likeness (QED) is 0.359. The molecule has 3 heterocycles. The Kier molecular flexibility index (Phi) is 2.94. The molecule has 4 atom stereocenters. The van der Waals surface area contributed by atoms with Crippen LogP contribution in [0.5, 0.6) is 5.75 Å². The van der Waals surface area contributed by atoms with Crippen molar-refractivity contribution in [3.8, 4) is 5.75 Å². The summed E-state index contributed by atoms with van der Waals surface area (Å²) in [5.41, 5.74) is -2.14. The highest BCUT2D eigenvalue weighted by molar-refractivity contribution is 6.24. The molecule has 0 radical (unpaired) electrons. The number of fused-ring (bicyclic) bond motifs is 5. The fourth-order valence-electron chi connectivity index (χ4n) is 4.23. The molecule has 25 heavy (non-hydrogen) atoms. The fraction of sp³-hybridized carbons (Fsp3) is 0.412. The van der Waals surface area contributed by atoms with Crippen LogP contribution in [0.1, 0.15) is 13.8 Å². The first-order valence-corrected chi connectivity index (χ1v) is 7.83. The van der Waals surface area contributed by atoms with Gasteiger partial charge in [0, 0.05) is 0 Å². The number of hydrogen-bond donors (Lipinski definition) is 0. The Morgan fingerprint density at radius 3 is 2.20 bits per heavy atom. The molecule has 2 fully saturated rings. The van der Waals surface area contributed by atoms with Crippen molar-refractivity contribution in [2.24, 2.45) is 11.8 Å². The van der Waals surface area contributed by atoms with Crippen molar-refractivity contribution in [3.05, 3.63) is 40.5 Å². The molecule has 4 unspecified atom stereocenters. The molecule has 1 aromatic rings. The van der Waals surface area contributed by atoms with E-state index in [4.69, 9.17) is 9.47 Å². The normalized spacial score (nSPS) is 35.4. The summed E-state index contributed by atoms with van der Waals surface area (Å²) < 4.78 is 10.9. The van der Waals surface area contributed by atoms with Crippen molar-refractivity contribution in [3.63, 3.8) is 0 Å². The summed E-state index contributed by atoms with van der Waals surface area (Å²) in [6.45, 7) is 3.52. The number of carbonyl (C=O) groups is 2. The summed E-state index contributed by atoms with van der Waals surface area (Å²) in [7, 11) is 1.39. The predicted octanol–water partition coefficient (Wildman–Crippen LogP) is 1.83. The van der Waals surface area contributed by atoms with Crippen molar-refractivity contribution >= 4 is 23.2 Å². The molecule has 0 aliphatic carbocycles. The van der Waals surface area contributed by atoms with Crippen molar-refractivity contribution in [1.82, 2.24) is 0 Å². The second kappa shape index (κ2) is 4.66. The highest BCUT2D eigenvalue weighted by Crippen LogP contribution is 2.58. The molecule has 2 bridgehead atoms. The Balaban J connectivity index is 1.83. The van der Waals surface area contributed by atoms with Crippen LogP contribution in [0.2, 0.25) is 0 Å². The molecule has 130 valence electrons. The third kappa shape index (κ3) is 1.85. The van der Waals surface area contributed by atoms with Crippen molar-refractivity contribution in [2.45, 2.75) is 25.0 Å². The molecule has 0 saturated carbocycles. The summed E-state index contributed by atoms with van der Waals surface area (Å²) >= 11 is 0. The van der Waals surface area contributed by atoms with E-state index in [-0.39, 0.29) is 17.1 Å². The van der Waals surface area contributed by atoms with Crippen LogP contribution < -0.4 is 9.64 Å². The van der Waals surface area contributed by atoms with E-state index < -0.39 is 39.8 Å². The van der Waals surface area contributed by atoms with Crippen molar-refractivity contribution in [1.29, 1.82) is 0 Å². The van der Waals surface area contributed by atoms with Crippen LogP contribution in [0.15, 0.2) is 30.4 Å². The van der Waals surface area contributed by atoms with Crippen LogP contribution in [0.25, 0.3) is 0 Å². The molecule has 0 N–H and O–H groups in total. The van der Waals surface area contributed by atoms with Crippen molar-refractivity contribution < 1.29 is 24.0 Å². The molecule has 8 heteroatoms. The van der Waals surface area contributed by atoms with Gasteiger partial charge in [-0.15, -0.1) is 0 Å². The zero-order chi connectivity index (χ0) is 18.1. The van der Waals surface area contributed by atoms with Gasteiger partial charge in [0.05, 0.1) is 41.1 Å². The monoisotopic (exact) mass is 344 g/mol. The van der Waals surface area contributed by atoms with E-state index in [2.05, 4.69) is 0 Å². The first-order valence-electron chi connectivity index (χ1n) is 7.83. The van der Waals surface area contributed by atoms with E-state index in [9.17, 15) is 19.7 Å². The third-order valence-corrected chi connectivity index (χ3v) is 5.35. The lowest BCUT2D eigenvalue weighted by Gasteiger charge is -2.25. The van der Waals surface area contributed by atoms with Gasteiger partial charge < -0.3 is 9.47 Å². The van der Waals surface area contributed by atoms with E-state index in [0.717, 1.165) is 4.90 Å². The number of nitro benzene ring substituents is 1. The number of nitro groups is 1. The molecule has 3 aliphatic heterocycles. The zero-order valence-corrected chi connectivity index (χ0v) is 13.9. The minimum atomic E-state index is -0.873. The van der Waals surface area contributed by atoms with Gasteiger partial charge in [-0.2, -0.15) is 0 Å². The lowest BCUT2D eigenvalue weighted by Crippen LogP contribution is -2.39. The van der Waals surface area contributed by atoms with Gasteiger partial charge in [0.15, 0.2) is 0 Å². The lowest BCUT2D eigenvalue weighted by atomic mass is 9.73. The number of rotatable bonds is 3. The first-order chi connectivity index (χ1) is 11.7. The average molecular weight is 344 g/mol. The second-order valence-electron chi connectivity index (χ2n) is 6.88. The highest BCUT2D eigenvalue weighted by Gasteiger charge is 2.70. The van der Waals surface area contributed by atoms with E-state index in [1.165, 1.54) is 25.3 Å². The average Bonchev–Trinajstić information content (AvgIpc) is 3.11. The van der Waals surface area contributed by atoms with Crippen molar-refractivity contribution in [2.75, 3.05) is 12.0 Å². The molecule has 2 saturated heterocycles. The summed E-state index contributed by atoms with van der Waals surface area (Å²) in [5.74, 6) is -2.04. The van der Waals surface area contributed by atoms with Gasteiger partial charge in [-0.3, -0.25) is 19.7 Å². The Morgan fingerprint density at radius 1 is 1.16 bits per heavy atom. The number of nitrogens with zero attached hydrogens (tertiary/aromatic N) is 2. The second-order valence-corrected chi connectivity index (χ2v) is 6.88. The van der Waals surface area contributed by atoms with Gasteiger partial charge in [0.25, 0.3) is 5.69 Å². The maximum atomic E-state index is 13.0. The lowest BCUT2D eigenvalue weighted by molar-refractivity contribution is -0.384. The summed E-state index contributed by atoms with van der Waals surface area (Å²) in [5, 5.41) is 11.4. The topological polar surface area (TPSA) is 99.0 Å². The van der Waals surface area contributed by atoms with Gasteiger partial charge in [-0.05, 0) is 26.0 Å². The third-order valence-electron chi connectivity index (χ3n) is 5.35. The van der Waals surface area contributed by atoms with Crippen LogP contribution in [0.4, 0.5) is 11.4 Å². The zero-order valence-electron chi connectivity index (χ0n) is 13.9. The van der Waals surface area contributed by atoms with E-state index >= 15 is 0 Å². The molecule has 0 spiro atoms. The van der Waals surface area contributed by atoms with Gasteiger partial charge >= 0.3 is 0 Å². The molecular weight excluding hydrogens is 328 g/mol. The van der Waals surface area contributed by atoms with Crippen LogP contribution >= 0.6 is 0 Å². The van der Waals surface area contributed by atoms with E-state index in [1.807, 2.05) is 0 Å². The number of imide groups is 1. The number of amides is 2. The summed E-state index contributed by atoms with van der Waals surface area (Å²) in [6, 6.07) is 4.06. The van der Waals surface area contributed by atoms with Gasteiger partial charge in [-0.25, -0.2) is 4.90 Å². The molecule has 3 aliphatic rings. The maximum absolute atomic E-state index is 13.0.